The minimum atomic E-state index is -0.196. The standard InChI is InChI=1S/C12H20N4O/c1-10(16-6-3-5-14-16)12(17)15-7-4-11(9-15)8-13-2/h3,5-6,10-11,13H,4,7-9H2,1-2H3. The minimum Gasteiger partial charge on any atom is -0.341 e. The van der Waals surface area contributed by atoms with Gasteiger partial charge in [-0.1, -0.05) is 0 Å². The third kappa shape index (κ3) is 2.66. The van der Waals surface area contributed by atoms with Gasteiger partial charge in [0.05, 0.1) is 0 Å². The Morgan fingerprint density at radius 2 is 2.47 bits per heavy atom. The van der Waals surface area contributed by atoms with E-state index in [9.17, 15) is 4.79 Å². The van der Waals surface area contributed by atoms with Gasteiger partial charge in [-0.25, -0.2) is 0 Å². The Bertz CT molecular complexity index is 363. The van der Waals surface area contributed by atoms with E-state index in [2.05, 4.69) is 10.4 Å². The molecule has 2 atom stereocenters. The topological polar surface area (TPSA) is 50.2 Å². The van der Waals surface area contributed by atoms with E-state index in [0.717, 1.165) is 26.1 Å². The smallest absolute Gasteiger partial charge is 0.247 e. The first-order chi connectivity index (χ1) is 8.22. The molecule has 1 N–H and O–H groups in total. The Morgan fingerprint density at radius 3 is 3.12 bits per heavy atom. The highest BCUT2D eigenvalue weighted by atomic mass is 16.2. The highest BCUT2D eigenvalue weighted by molar-refractivity contribution is 5.80. The quantitative estimate of drug-likeness (QED) is 0.829. The zero-order valence-corrected chi connectivity index (χ0v) is 10.5. The average molecular weight is 236 g/mol. The lowest BCUT2D eigenvalue weighted by Gasteiger charge is -2.21. The third-order valence-corrected chi connectivity index (χ3v) is 3.37. The molecule has 0 saturated carbocycles. The third-order valence-electron chi connectivity index (χ3n) is 3.37. The molecule has 1 aliphatic rings. The molecule has 17 heavy (non-hydrogen) atoms. The fraction of sp³-hybridized carbons (Fsp3) is 0.667. The summed E-state index contributed by atoms with van der Waals surface area (Å²) in [6, 6.07) is 1.65. The van der Waals surface area contributed by atoms with Crippen LogP contribution in [0.15, 0.2) is 18.5 Å². The lowest BCUT2D eigenvalue weighted by Crippen LogP contribution is -2.35. The van der Waals surface area contributed by atoms with E-state index in [0.29, 0.717) is 5.92 Å². The van der Waals surface area contributed by atoms with Crippen LogP contribution in [0.2, 0.25) is 0 Å². The Morgan fingerprint density at radius 1 is 1.65 bits per heavy atom. The van der Waals surface area contributed by atoms with Crippen LogP contribution in [0, 0.1) is 5.92 Å². The number of nitrogens with one attached hydrogen (secondary N) is 1. The van der Waals surface area contributed by atoms with Gasteiger partial charge in [0.25, 0.3) is 0 Å². The number of aromatic nitrogens is 2. The first kappa shape index (κ1) is 12.1. The molecule has 2 rings (SSSR count). The van der Waals surface area contributed by atoms with Crippen LogP contribution < -0.4 is 5.32 Å². The Balaban J connectivity index is 1.93. The Hall–Kier alpha value is -1.36. The van der Waals surface area contributed by atoms with Crippen molar-refractivity contribution in [2.24, 2.45) is 5.92 Å². The maximum atomic E-state index is 12.2. The molecule has 1 aromatic rings. The molecule has 0 bridgehead atoms. The molecule has 2 unspecified atom stereocenters. The van der Waals surface area contributed by atoms with Crippen LogP contribution in [0.1, 0.15) is 19.4 Å². The van der Waals surface area contributed by atoms with E-state index in [1.807, 2.05) is 31.1 Å². The number of carbonyl (C=O) groups is 1. The van der Waals surface area contributed by atoms with Gasteiger partial charge in [0.1, 0.15) is 6.04 Å². The molecular formula is C12H20N4O. The van der Waals surface area contributed by atoms with Crippen LogP contribution in [0.5, 0.6) is 0 Å². The second-order valence-electron chi connectivity index (χ2n) is 4.66. The molecule has 1 amide bonds. The second kappa shape index (κ2) is 5.31. The van der Waals surface area contributed by atoms with E-state index in [4.69, 9.17) is 0 Å². The highest BCUT2D eigenvalue weighted by Crippen LogP contribution is 2.19. The van der Waals surface area contributed by atoms with Crippen molar-refractivity contribution >= 4 is 5.91 Å². The van der Waals surface area contributed by atoms with Gasteiger partial charge in [-0.05, 0) is 38.9 Å². The van der Waals surface area contributed by atoms with Gasteiger partial charge in [0.2, 0.25) is 5.91 Å². The van der Waals surface area contributed by atoms with Crippen LogP contribution in [-0.2, 0) is 4.79 Å². The van der Waals surface area contributed by atoms with E-state index in [1.54, 1.807) is 10.9 Å². The summed E-state index contributed by atoms with van der Waals surface area (Å²) in [7, 11) is 1.96. The van der Waals surface area contributed by atoms with Crippen LogP contribution >= 0.6 is 0 Å². The lowest BCUT2D eigenvalue weighted by molar-refractivity contribution is -0.133. The number of hydrogen-bond donors (Lipinski definition) is 1. The van der Waals surface area contributed by atoms with Crippen molar-refractivity contribution in [3.8, 4) is 0 Å². The van der Waals surface area contributed by atoms with Gasteiger partial charge in [0.15, 0.2) is 0 Å². The van der Waals surface area contributed by atoms with Crippen LogP contribution in [0.4, 0.5) is 0 Å². The van der Waals surface area contributed by atoms with Crippen molar-refractivity contribution in [1.29, 1.82) is 0 Å². The predicted molar refractivity (Wildman–Crippen MR) is 65.6 cm³/mol. The Kier molecular flexibility index (Phi) is 3.78. The number of amides is 1. The molecule has 1 aliphatic heterocycles. The summed E-state index contributed by atoms with van der Waals surface area (Å²) in [5.74, 6) is 0.765. The molecule has 1 fully saturated rings. The van der Waals surface area contributed by atoms with E-state index in [-0.39, 0.29) is 11.9 Å². The maximum absolute atomic E-state index is 12.2. The minimum absolute atomic E-state index is 0.173. The molecular weight excluding hydrogens is 216 g/mol. The average Bonchev–Trinajstić information content (AvgIpc) is 2.98. The number of carbonyl (C=O) groups excluding carboxylic acids is 1. The van der Waals surface area contributed by atoms with Gasteiger partial charge in [0, 0.05) is 25.5 Å². The first-order valence-corrected chi connectivity index (χ1v) is 6.15. The zero-order chi connectivity index (χ0) is 12.3. The molecule has 0 aliphatic carbocycles. The molecule has 0 radical (unpaired) electrons. The monoisotopic (exact) mass is 236 g/mol. The molecule has 94 valence electrons. The Labute approximate surface area is 102 Å². The predicted octanol–water partition coefficient (Wildman–Crippen LogP) is 0.512. The number of nitrogens with zero attached hydrogens (tertiary/aromatic N) is 3. The van der Waals surface area contributed by atoms with Gasteiger partial charge < -0.3 is 10.2 Å². The summed E-state index contributed by atoms with van der Waals surface area (Å²) in [5, 5.41) is 7.29. The maximum Gasteiger partial charge on any atom is 0.247 e. The summed E-state index contributed by atoms with van der Waals surface area (Å²) in [6.45, 7) is 4.63. The fourth-order valence-corrected chi connectivity index (χ4v) is 2.38. The van der Waals surface area contributed by atoms with E-state index >= 15 is 0 Å². The van der Waals surface area contributed by atoms with E-state index < -0.39 is 0 Å². The SMILES string of the molecule is CNCC1CCN(C(=O)C(C)n2cccn2)C1. The molecule has 5 heteroatoms. The summed E-state index contributed by atoms with van der Waals surface area (Å²) < 4.78 is 1.72. The first-order valence-electron chi connectivity index (χ1n) is 6.15. The van der Waals surface area contributed by atoms with Crippen molar-refractivity contribution in [1.82, 2.24) is 20.0 Å². The molecule has 1 aromatic heterocycles. The number of hydrogen-bond acceptors (Lipinski definition) is 3. The molecule has 5 nitrogen and oxygen atoms in total. The van der Waals surface area contributed by atoms with Gasteiger partial charge in [-0.15, -0.1) is 0 Å². The van der Waals surface area contributed by atoms with Crippen LogP contribution in [-0.4, -0.2) is 47.3 Å². The largest absolute Gasteiger partial charge is 0.341 e. The summed E-state index contributed by atoms with van der Waals surface area (Å²) in [4.78, 5) is 14.2. The number of rotatable bonds is 4. The molecule has 1 saturated heterocycles. The molecule has 2 heterocycles. The summed E-state index contributed by atoms with van der Waals surface area (Å²) in [6.07, 6.45) is 4.64. The molecule has 0 spiro atoms. The highest BCUT2D eigenvalue weighted by Gasteiger charge is 2.29. The second-order valence-corrected chi connectivity index (χ2v) is 4.66. The van der Waals surface area contributed by atoms with Crippen molar-refractivity contribution in [2.45, 2.75) is 19.4 Å². The normalized spacial score (nSPS) is 21.8. The van der Waals surface area contributed by atoms with Crippen molar-refractivity contribution in [3.63, 3.8) is 0 Å². The van der Waals surface area contributed by atoms with Gasteiger partial charge in [-0.3, -0.25) is 9.48 Å². The summed E-state index contributed by atoms with van der Waals surface area (Å²) >= 11 is 0. The van der Waals surface area contributed by atoms with Crippen LogP contribution in [0.25, 0.3) is 0 Å². The fourth-order valence-electron chi connectivity index (χ4n) is 2.38. The summed E-state index contributed by atoms with van der Waals surface area (Å²) in [5.41, 5.74) is 0. The van der Waals surface area contributed by atoms with Crippen molar-refractivity contribution in [3.05, 3.63) is 18.5 Å². The van der Waals surface area contributed by atoms with Gasteiger partial charge in [-0.2, -0.15) is 5.10 Å². The number of likely N-dealkylation sites (tertiary alicyclic amines) is 1. The zero-order valence-electron chi connectivity index (χ0n) is 10.5. The van der Waals surface area contributed by atoms with Crippen molar-refractivity contribution < 1.29 is 4.79 Å². The molecule has 0 aromatic carbocycles. The lowest BCUT2D eigenvalue weighted by atomic mass is 10.1. The van der Waals surface area contributed by atoms with E-state index in [1.165, 1.54) is 0 Å². The van der Waals surface area contributed by atoms with Crippen LogP contribution in [0.3, 0.4) is 0 Å². The van der Waals surface area contributed by atoms with Crippen molar-refractivity contribution in [2.75, 3.05) is 26.7 Å². The van der Waals surface area contributed by atoms with Gasteiger partial charge >= 0.3 is 0 Å².